The minimum absolute atomic E-state index is 0.149. The largest absolute Gasteiger partial charge is 0.343 e. The van der Waals surface area contributed by atoms with E-state index in [4.69, 9.17) is 0 Å². The van der Waals surface area contributed by atoms with Crippen molar-refractivity contribution in [2.75, 3.05) is 31.1 Å². The SMILES string of the molecule is CCC(C)C(C(=O)N1CCN(c2nnc(-c3cccs3)s2)CC1)N1C(=O)c2ccccc2C1=O. The molecule has 0 aliphatic carbocycles. The van der Waals surface area contributed by atoms with Gasteiger partial charge in [-0.15, -0.1) is 21.5 Å². The van der Waals surface area contributed by atoms with E-state index in [2.05, 4.69) is 15.1 Å². The number of aromatic nitrogens is 2. The van der Waals surface area contributed by atoms with Gasteiger partial charge in [0.15, 0.2) is 5.01 Å². The molecule has 1 fully saturated rings. The Hall–Kier alpha value is -3.11. The van der Waals surface area contributed by atoms with E-state index in [0.29, 0.717) is 43.7 Å². The van der Waals surface area contributed by atoms with Gasteiger partial charge in [-0.25, -0.2) is 0 Å². The van der Waals surface area contributed by atoms with Crippen LogP contribution in [0.1, 0.15) is 41.0 Å². The number of imide groups is 1. The van der Waals surface area contributed by atoms with Crippen molar-refractivity contribution >= 4 is 45.5 Å². The smallest absolute Gasteiger partial charge is 0.262 e. The van der Waals surface area contributed by atoms with Gasteiger partial charge in [-0.05, 0) is 29.5 Å². The maximum absolute atomic E-state index is 13.7. The second kappa shape index (κ2) is 9.27. The highest BCUT2D eigenvalue weighted by Crippen LogP contribution is 2.33. The van der Waals surface area contributed by atoms with E-state index < -0.39 is 6.04 Å². The lowest BCUT2D eigenvalue weighted by Gasteiger charge is -2.39. The van der Waals surface area contributed by atoms with Crippen LogP contribution in [-0.4, -0.2) is 69.9 Å². The molecule has 176 valence electrons. The molecule has 4 heterocycles. The fraction of sp³-hybridized carbons (Fsp3) is 0.375. The molecule has 1 saturated heterocycles. The molecule has 10 heteroatoms. The van der Waals surface area contributed by atoms with Crippen molar-refractivity contribution in [3.05, 3.63) is 52.9 Å². The monoisotopic (exact) mass is 495 g/mol. The molecule has 0 radical (unpaired) electrons. The number of anilines is 1. The van der Waals surface area contributed by atoms with Gasteiger partial charge in [-0.2, -0.15) is 0 Å². The first-order chi connectivity index (χ1) is 16.5. The molecular formula is C24H25N5O3S2. The molecule has 3 aromatic rings. The van der Waals surface area contributed by atoms with Crippen LogP contribution in [-0.2, 0) is 4.79 Å². The minimum atomic E-state index is -0.809. The fourth-order valence-electron chi connectivity index (χ4n) is 4.44. The molecule has 3 amide bonds. The number of rotatable bonds is 6. The second-order valence-electron chi connectivity index (χ2n) is 8.54. The lowest BCUT2D eigenvalue weighted by Crippen LogP contribution is -2.58. The first-order valence-electron chi connectivity index (χ1n) is 11.4. The van der Waals surface area contributed by atoms with Gasteiger partial charge in [0.25, 0.3) is 11.8 Å². The van der Waals surface area contributed by atoms with Crippen LogP contribution in [0, 0.1) is 5.92 Å². The summed E-state index contributed by atoms with van der Waals surface area (Å²) >= 11 is 3.18. The molecule has 0 N–H and O–H groups in total. The summed E-state index contributed by atoms with van der Waals surface area (Å²) in [5, 5.41) is 12.4. The summed E-state index contributed by atoms with van der Waals surface area (Å²) < 4.78 is 0. The predicted molar refractivity (Wildman–Crippen MR) is 132 cm³/mol. The first kappa shape index (κ1) is 22.7. The Morgan fingerprint density at radius 1 is 1.00 bits per heavy atom. The van der Waals surface area contributed by atoms with Gasteiger partial charge in [-0.3, -0.25) is 19.3 Å². The number of hydrogen-bond donors (Lipinski definition) is 0. The maximum atomic E-state index is 13.7. The number of nitrogens with zero attached hydrogens (tertiary/aromatic N) is 5. The zero-order chi connectivity index (χ0) is 23.8. The standard InChI is InChI=1S/C24H25N5O3S2/c1-3-15(2)19(29-21(30)16-7-4-5-8-17(16)22(29)31)23(32)27-10-12-28(13-11-27)24-26-25-20(34-24)18-9-6-14-33-18/h4-9,14-15,19H,3,10-13H2,1-2H3. The number of amides is 3. The molecule has 0 saturated carbocycles. The van der Waals surface area contributed by atoms with Gasteiger partial charge >= 0.3 is 0 Å². The maximum Gasteiger partial charge on any atom is 0.262 e. The van der Waals surface area contributed by atoms with Crippen molar-refractivity contribution in [1.29, 1.82) is 0 Å². The van der Waals surface area contributed by atoms with Crippen LogP contribution in [0.5, 0.6) is 0 Å². The number of carbonyl (C=O) groups excluding carboxylic acids is 3. The van der Waals surface area contributed by atoms with Gasteiger partial charge < -0.3 is 9.80 Å². The minimum Gasteiger partial charge on any atom is -0.343 e. The normalized spacial score (nSPS) is 17.8. The summed E-state index contributed by atoms with van der Waals surface area (Å²) in [7, 11) is 0. The third-order valence-electron chi connectivity index (χ3n) is 6.55. The van der Waals surface area contributed by atoms with Crippen molar-refractivity contribution in [3.8, 4) is 9.88 Å². The molecule has 0 spiro atoms. The van der Waals surface area contributed by atoms with Crippen LogP contribution in [0.15, 0.2) is 41.8 Å². The Bertz CT molecular complexity index is 1180. The Kier molecular flexibility index (Phi) is 6.18. The van der Waals surface area contributed by atoms with Crippen molar-refractivity contribution in [2.45, 2.75) is 26.3 Å². The summed E-state index contributed by atoms with van der Waals surface area (Å²) in [6.07, 6.45) is 0.681. The highest BCUT2D eigenvalue weighted by molar-refractivity contribution is 7.22. The zero-order valence-electron chi connectivity index (χ0n) is 19.0. The molecule has 34 heavy (non-hydrogen) atoms. The van der Waals surface area contributed by atoms with E-state index in [1.807, 2.05) is 31.4 Å². The summed E-state index contributed by atoms with van der Waals surface area (Å²) in [6.45, 7) is 6.16. The zero-order valence-corrected chi connectivity index (χ0v) is 20.6. The molecule has 1 aromatic carbocycles. The summed E-state index contributed by atoms with van der Waals surface area (Å²) in [5.41, 5.74) is 0.743. The van der Waals surface area contributed by atoms with Gasteiger partial charge in [0, 0.05) is 26.2 Å². The fourth-order valence-corrected chi connectivity index (χ4v) is 6.13. The van der Waals surface area contributed by atoms with E-state index in [1.54, 1.807) is 51.8 Å². The molecule has 2 unspecified atom stereocenters. The first-order valence-corrected chi connectivity index (χ1v) is 13.1. The molecule has 0 bridgehead atoms. The molecule has 2 aliphatic heterocycles. The van der Waals surface area contributed by atoms with Crippen LogP contribution in [0.2, 0.25) is 0 Å². The average Bonchev–Trinajstić information content (AvgIpc) is 3.62. The van der Waals surface area contributed by atoms with E-state index in [1.165, 1.54) is 4.90 Å². The summed E-state index contributed by atoms with van der Waals surface area (Å²) in [5.74, 6) is -1.08. The van der Waals surface area contributed by atoms with Crippen LogP contribution < -0.4 is 4.90 Å². The Balaban J connectivity index is 1.30. The van der Waals surface area contributed by atoms with Gasteiger partial charge in [0.2, 0.25) is 11.0 Å². The van der Waals surface area contributed by atoms with Crippen molar-refractivity contribution in [2.24, 2.45) is 5.92 Å². The number of hydrogen-bond acceptors (Lipinski definition) is 8. The Morgan fingerprint density at radius 2 is 1.68 bits per heavy atom. The number of thiophene rings is 1. The van der Waals surface area contributed by atoms with Crippen LogP contribution >= 0.6 is 22.7 Å². The lowest BCUT2D eigenvalue weighted by molar-refractivity contribution is -0.137. The Labute approximate surface area is 205 Å². The van der Waals surface area contributed by atoms with Crippen molar-refractivity contribution < 1.29 is 14.4 Å². The topological polar surface area (TPSA) is 86.7 Å². The number of fused-ring (bicyclic) bond motifs is 1. The Morgan fingerprint density at radius 3 is 2.26 bits per heavy atom. The molecular weight excluding hydrogens is 470 g/mol. The average molecular weight is 496 g/mol. The molecule has 2 aliphatic rings. The predicted octanol–water partition coefficient (Wildman–Crippen LogP) is 3.63. The second-order valence-corrected chi connectivity index (χ2v) is 10.4. The molecule has 2 atom stereocenters. The third-order valence-corrected chi connectivity index (χ3v) is 8.57. The third kappa shape index (κ3) is 3.90. The van der Waals surface area contributed by atoms with E-state index in [9.17, 15) is 14.4 Å². The van der Waals surface area contributed by atoms with E-state index in [-0.39, 0.29) is 23.6 Å². The lowest BCUT2D eigenvalue weighted by atomic mass is 9.95. The van der Waals surface area contributed by atoms with Crippen LogP contribution in [0.25, 0.3) is 9.88 Å². The quantitative estimate of drug-likeness (QED) is 0.486. The number of benzene rings is 1. The highest BCUT2D eigenvalue weighted by atomic mass is 32.1. The van der Waals surface area contributed by atoms with E-state index >= 15 is 0 Å². The van der Waals surface area contributed by atoms with E-state index in [0.717, 1.165) is 15.0 Å². The van der Waals surface area contributed by atoms with Gasteiger partial charge in [-0.1, -0.05) is 49.8 Å². The molecule has 8 nitrogen and oxygen atoms in total. The van der Waals surface area contributed by atoms with Crippen molar-refractivity contribution in [1.82, 2.24) is 20.0 Å². The van der Waals surface area contributed by atoms with Crippen LogP contribution in [0.3, 0.4) is 0 Å². The molecule has 2 aromatic heterocycles. The highest BCUT2D eigenvalue weighted by Gasteiger charge is 2.46. The number of piperazine rings is 1. The summed E-state index contributed by atoms with van der Waals surface area (Å²) in [6, 6.07) is 10.00. The van der Waals surface area contributed by atoms with Gasteiger partial charge in [0.05, 0.1) is 16.0 Å². The number of carbonyl (C=O) groups is 3. The summed E-state index contributed by atoms with van der Waals surface area (Å²) in [4.78, 5) is 46.1. The molecule has 5 rings (SSSR count). The van der Waals surface area contributed by atoms with Crippen LogP contribution in [0.4, 0.5) is 5.13 Å². The van der Waals surface area contributed by atoms with Crippen molar-refractivity contribution in [3.63, 3.8) is 0 Å². The van der Waals surface area contributed by atoms with Gasteiger partial charge in [0.1, 0.15) is 6.04 Å².